The molecule has 18 heavy (non-hydrogen) atoms. The summed E-state index contributed by atoms with van der Waals surface area (Å²) in [4.78, 5) is 11.8. The maximum Gasteiger partial charge on any atom is 0.220 e. The van der Waals surface area contributed by atoms with Crippen LogP contribution in [-0.4, -0.2) is 12.5 Å². The van der Waals surface area contributed by atoms with Gasteiger partial charge in [-0.2, -0.15) is 0 Å². The third-order valence-corrected chi connectivity index (χ3v) is 3.19. The van der Waals surface area contributed by atoms with Crippen LogP contribution in [-0.2, 0) is 4.79 Å². The van der Waals surface area contributed by atoms with Crippen molar-refractivity contribution in [3.05, 3.63) is 35.4 Å². The molecule has 0 aliphatic rings. The van der Waals surface area contributed by atoms with Gasteiger partial charge in [-0.15, -0.1) is 0 Å². The van der Waals surface area contributed by atoms with Gasteiger partial charge >= 0.3 is 0 Å². The van der Waals surface area contributed by atoms with Crippen molar-refractivity contribution in [2.24, 2.45) is 11.7 Å². The van der Waals surface area contributed by atoms with Crippen molar-refractivity contribution in [1.82, 2.24) is 5.32 Å². The maximum absolute atomic E-state index is 11.8. The fraction of sp³-hybridized carbons (Fsp3) is 0.533. The van der Waals surface area contributed by atoms with Gasteiger partial charge in [-0.25, -0.2) is 0 Å². The number of hydrogen-bond acceptors (Lipinski definition) is 2. The fourth-order valence-electron chi connectivity index (χ4n) is 1.83. The molecule has 1 aromatic carbocycles. The minimum absolute atomic E-state index is 0.0607. The number of benzene rings is 1. The Balaban J connectivity index is 2.44. The Hall–Kier alpha value is -1.35. The fourth-order valence-corrected chi connectivity index (χ4v) is 1.83. The van der Waals surface area contributed by atoms with E-state index in [1.165, 1.54) is 5.56 Å². The van der Waals surface area contributed by atoms with Gasteiger partial charge in [-0.3, -0.25) is 4.79 Å². The molecule has 0 saturated carbocycles. The molecule has 2 atom stereocenters. The van der Waals surface area contributed by atoms with Crippen LogP contribution in [0.4, 0.5) is 0 Å². The molecule has 3 nitrogen and oxygen atoms in total. The van der Waals surface area contributed by atoms with E-state index in [1.807, 2.05) is 19.1 Å². The van der Waals surface area contributed by atoms with Gasteiger partial charge in [0.15, 0.2) is 0 Å². The highest BCUT2D eigenvalue weighted by molar-refractivity contribution is 5.76. The molecular formula is C15H24N2O. The molecule has 3 heteroatoms. The number of rotatable bonds is 6. The van der Waals surface area contributed by atoms with Crippen LogP contribution in [0.2, 0.25) is 0 Å². The zero-order chi connectivity index (χ0) is 13.5. The second kappa shape index (κ2) is 7.17. The first-order chi connectivity index (χ1) is 8.52. The van der Waals surface area contributed by atoms with Crippen LogP contribution in [0.15, 0.2) is 24.3 Å². The van der Waals surface area contributed by atoms with Crippen LogP contribution >= 0.6 is 0 Å². The van der Waals surface area contributed by atoms with E-state index in [0.717, 1.165) is 12.0 Å². The average Bonchev–Trinajstić information content (AvgIpc) is 2.35. The highest BCUT2D eigenvalue weighted by Crippen LogP contribution is 2.14. The van der Waals surface area contributed by atoms with Crippen LogP contribution < -0.4 is 11.1 Å². The topological polar surface area (TPSA) is 55.1 Å². The minimum atomic E-state index is 0.0607. The molecule has 0 heterocycles. The largest absolute Gasteiger partial charge is 0.350 e. The predicted molar refractivity (Wildman–Crippen MR) is 75.2 cm³/mol. The van der Waals surface area contributed by atoms with E-state index in [2.05, 4.69) is 31.3 Å². The summed E-state index contributed by atoms with van der Waals surface area (Å²) < 4.78 is 0. The van der Waals surface area contributed by atoms with Gasteiger partial charge < -0.3 is 11.1 Å². The van der Waals surface area contributed by atoms with Crippen LogP contribution in [0.5, 0.6) is 0 Å². The van der Waals surface area contributed by atoms with Crippen molar-refractivity contribution in [2.45, 2.75) is 39.7 Å². The zero-order valence-electron chi connectivity index (χ0n) is 11.6. The standard InChI is InChI=1S/C15H24N2O/c1-11-5-4-6-14(9-11)13(3)17-15(18)8-7-12(2)10-16/h4-6,9,12-13H,7-8,10,16H2,1-3H3,(H,17,18)/t12?,13-/m0/s1. The van der Waals surface area contributed by atoms with Crippen molar-refractivity contribution in [1.29, 1.82) is 0 Å². The van der Waals surface area contributed by atoms with Crippen molar-refractivity contribution in [2.75, 3.05) is 6.54 Å². The van der Waals surface area contributed by atoms with Gasteiger partial charge in [0.25, 0.3) is 0 Å². The Morgan fingerprint density at radius 2 is 2.11 bits per heavy atom. The summed E-state index contributed by atoms with van der Waals surface area (Å²) in [5.41, 5.74) is 7.90. The molecule has 0 bridgehead atoms. The summed E-state index contributed by atoms with van der Waals surface area (Å²) in [6.07, 6.45) is 1.40. The summed E-state index contributed by atoms with van der Waals surface area (Å²) in [6, 6.07) is 8.28. The molecule has 3 N–H and O–H groups in total. The van der Waals surface area contributed by atoms with E-state index in [0.29, 0.717) is 18.9 Å². The van der Waals surface area contributed by atoms with Gasteiger partial charge in [0.2, 0.25) is 5.91 Å². The Labute approximate surface area is 110 Å². The third kappa shape index (κ3) is 4.88. The molecule has 1 amide bonds. The summed E-state index contributed by atoms with van der Waals surface area (Å²) in [6.45, 7) is 6.78. The smallest absolute Gasteiger partial charge is 0.220 e. The highest BCUT2D eigenvalue weighted by Gasteiger charge is 2.10. The summed E-state index contributed by atoms with van der Waals surface area (Å²) in [7, 11) is 0. The van der Waals surface area contributed by atoms with E-state index in [4.69, 9.17) is 5.73 Å². The van der Waals surface area contributed by atoms with Gasteiger partial charge in [0.05, 0.1) is 6.04 Å². The lowest BCUT2D eigenvalue weighted by Gasteiger charge is -2.15. The van der Waals surface area contributed by atoms with E-state index in [9.17, 15) is 4.79 Å². The van der Waals surface area contributed by atoms with E-state index < -0.39 is 0 Å². The van der Waals surface area contributed by atoms with Gasteiger partial charge in [-0.1, -0.05) is 36.8 Å². The summed E-state index contributed by atoms with van der Waals surface area (Å²) >= 11 is 0. The molecule has 0 radical (unpaired) electrons. The quantitative estimate of drug-likeness (QED) is 0.813. The number of nitrogens with one attached hydrogen (secondary N) is 1. The first kappa shape index (κ1) is 14.7. The predicted octanol–water partition coefficient (Wildman–Crippen LogP) is 2.55. The molecule has 0 saturated heterocycles. The lowest BCUT2D eigenvalue weighted by molar-refractivity contribution is -0.122. The van der Waals surface area contributed by atoms with Gasteiger partial charge in [0.1, 0.15) is 0 Å². The van der Waals surface area contributed by atoms with Crippen molar-refractivity contribution in [3.63, 3.8) is 0 Å². The molecule has 0 fully saturated rings. The first-order valence-corrected chi connectivity index (χ1v) is 6.59. The Bertz CT molecular complexity index is 390. The number of carbonyl (C=O) groups is 1. The summed E-state index contributed by atoms with van der Waals surface area (Å²) in [5.74, 6) is 0.509. The number of amides is 1. The van der Waals surface area contributed by atoms with E-state index in [-0.39, 0.29) is 11.9 Å². The number of hydrogen-bond donors (Lipinski definition) is 2. The van der Waals surface area contributed by atoms with Crippen LogP contribution in [0.3, 0.4) is 0 Å². The second-order valence-electron chi connectivity index (χ2n) is 5.08. The van der Waals surface area contributed by atoms with Crippen molar-refractivity contribution >= 4 is 5.91 Å². The van der Waals surface area contributed by atoms with Crippen LogP contribution in [0.1, 0.15) is 43.9 Å². The molecule has 100 valence electrons. The molecule has 0 aliphatic carbocycles. The molecular weight excluding hydrogens is 224 g/mol. The second-order valence-corrected chi connectivity index (χ2v) is 5.08. The normalized spacial score (nSPS) is 14.0. The maximum atomic E-state index is 11.8. The van der Waals surface area contributed by atoms with E-state index in [1.54, 1.807) is 0 Å². The molecule has 0 spiro atoms. The Morgan fingerprint density at radius 1 is 1.39 bits per heavy atom. The van der Waals surface area contributed by atoms with Crippen LogP contribution in [0.25, 0.3) is 0 Å². The monoisotopic (exact) mass is 248 g/mol. The number of nitrogens with two attached hydrogens (primary N) is 1. The first-order valence-electron chi connectivity index (χ1n) is 6.59. The lowest BCUT2D eigenvalue weighted by atomic mass is 10.0. The number of aryl methyl sites for hydroxylation is 1. The average molecular weight is 248 g/mol. The van der Waals surface area contributed by atoms with Crippen molar-refractivity contribution in [3.8, 4) is 0 Å². The third-order valence-electron chi connectivity index (χ3n) is 3.19. The molecule has 0 aliphatic heterocycles. The van der Waals surface area contributed by atoms with Gasteiger partial charge in [0, 0.05) is 6.42 Å². The molecule has 1 aromatic rings. The SMILES string of the molecule is Cc1cccc([C@H](C)NC(=O)CCC(C)CN)c1. The summed E-state index contributed by atoms with van der Waals surface area (Å²) in [5, 5.41) is 3.02. The van der Waals surface area contributed by atoms with E-state index >= 15 is 0 Å². The van der Waals surface area contributed by atoms with Gasteiger partial charge in [-0.05, 0) is 38.3 Å². The highest BCUT2D eigenvalue weighted by atomic mass is 16.1. The zero-order valence-corrected chi connectivity index (χ0v) is 11.6. The molecule has 1 unspecified atom stereocenters. The Kier molecular flexibility index (Phi) is 5.86. The lowest BCUT2D eigenvalue weighted by Crippen LogP contribution is -2.27. The van der Waals surface area contributed by atoms with Crippen molar-refractivity contribution < 1.29 is 4.79 Å². The molecule has 1 rings (SSSR count). The minimum Gasteiger partial charge on any atom is -0.350 e. The Morgan fingerprint density at radius 3 is 2.72 bits per heavy atom. The van der Waals surface area contributed by atoms with Crippen LogP contribution in [0, 0.1) is 12.8 Å². The molecule has 0 aromatic heterocycles. The number of carbonyl (C=O) groups excluding carboxylic acids is 1.